The molecule has 0 aliphatic carbocycles. The molecule has 156 valence electrons. The van der Waals surface area contributed by atoms with Crippen molar-refractivity contribution < 1.29 is 9.53 Å². The van der Waals surface area contributed by atoms with Gasteiger partial charge in [-0.3, -0.25) is 9.20 Å². The number of anilines is 1. The number of fused-ring (bicyclic) bond motifs is 2. The van der Waals surface area contributed by atoms with Crippen LogP contribution < -0.4 is 11.1 Å². The average molecular weight is 428 g/mol. The summed E-state index contributed by atoms with van der Waals surface area (Å²) < 4.78 is 9.16. The van der Waals surface area contributed by atoms with E-state index in [2.05, 4.69) is 20.6 Å². The van der Waals surface area contributed by atoms with Crippen LogP contribution in [0.4, 0.5) is 5.69 Å². The molecule has 3 N–H and O–H groups in total. The number of pyridine rings is 1. The van der Waals surface area contributed by atoms with Crippen LogP contribution in [0.15, 0.2) is 30.5 Å². The number of halogens is 1. The first-order valence-corrected chi connectivity index (χ1v) is 9.82. The molecule has 1 aromatic carbocycles. The number of nitrogens with zero attached hydrogens (tertiary/aromatic N) is 5. The number of hydrogen-bond acceptors (Lipinski definition) is 6. The molecule has 4 rings (SSSR count). The van der Waals surface area contributed by atoms with E-state index in [4.69, 9.17) is 22.1 Å². The fourth-order valence-electron chi connectivity index (χ4n) is 3.40. The van der Waals surface area contributed by atoms with E-state index < -0.39 is 0 Å². The van der Waals surface area contributed by atoms with E-state index in [1.807, 2.05) is 26.1 Å². The quantitative estimate of drug-likeness (QED) is 0.457. The summed E-state index contributed by atoms with van der Waals surface area (Å²) in [6, 6.07) is 7.08. The van der Waals surface area contributed by atoms with Crippen molar-refractivity contribution in [1.82, 2.24) is 29.7 Å². The maximum Gasteiger partial charge on any atom is 0.270 e. The lowest BCUT2D eigenvalue weighted by Crippen LogP contribution is -2.36. The van der Waals surface area contributed by atoms with Crippen LogP contribution in [0.1, 0.15) is 28.7 Å². The van der Waals surface area contributed by atoms with Crippen LogP contribution >= 0.6 is 11.6 Å². The van der Waals surface area contributed by atoms with E-state index >= 15 is 0 Å². The molecule has 0 radical (unpaired) electrons. The molecule has 0 bridgehead atoms. The third kappa shape index (κ3) is 3.81. The monoisotopic (exact) mass is 427 g/mol. The number of nitrogen functional groups attached to an aromatic ring is 1. The van der Waals surface area contributed by atoms with Gasteiger partial charge in [0.05, 0.1) is 35.1 Å². The molecule has 0 saturated heterocycles. The van der Waals surface area contributed by atoms with Crippen LogP contribution in [0.2, 0.25) is 5.02 Å². The molecule has 1 unspecified atom stereocenters. The summed E-state index contributed by atoms with van der Waals surface area (Å²) in [4.78, 5) is 17.2. The van der Waals surface area contributed by atoms with Gasteiger partial charge in [0.2, 0.25) is 0 Å². The summed E-state index contributed by atoms with van der Waals surface area (Å²) in [7, 11) is 1.81. The highest BCUT2D eigenvalue weighted by atomic mass is 35.5. The van der Waals surface area contributed by atoms with E-state index in [0.717, 1.165) is 11.1 Å². The number of carbonyl (C=O) groups is 1. The molecule has 4 aromatic rings. The van der Waals surface area contributed by atoms with Crippen molar-refractivity contribution >= 4 is 39.9 Å². The number of benzene rings is 1. The summed E-state index contributed by atoms with van der Waals surface area (Å²) in [5.74, 6) is -0.231. The summed E-state index contributed by atoms with van der Waals surface area (Å²) in [6.45, 7) is 4.37. The molecule has 3 heterocycles. The third-order valence-corrected chi connectivity index (χ3v) is 5.02. The molecule has 0 aliphatic heterocycles. The fraction of sp³-hybridized carbons (Fsp3) is 0.300. The number of rotatable bonds is 6. The molecule has 3 aromatic heterocycles. The highest BCUT2D eigenvalue weighted by Gasteiger charge is 2.18. The van der Waals surface area contributed by atoms with Crippen LogP contribution in [0.3, 0.4) is 0 Å². The SMILES string of the molecule is Cc1nc2ccc(Cl)cn2c1C(=O)NC(C)COCc1cc(N)c2nnn(C)c2c1. The van der Waals surface area contributed by atoms with Crippen LogP contribution in [-0.2, 0) is 18.4 Å². The maximum atomic E-state index is 12.8. The Morgan fingerprint density at radius 3 is 2.97 bits per heavy atom. The van der Waals surface area contributed by atoms with Gasteiger partial charge < -0.3 is 15.8 Å². The number of imidazole rings is 1. The smallest absolute Gasteiger partial charge is 0.270 e. The molecule has 0 fully saturated rings. The first-order valence-electron chi connectivity index (χ1n) is 9.44. The number of aromatic nitrogens is 5. The lowest BCUT2D eigenvalue weighted by atomic mass is 10.2. The predicted octanol–water partition coefficient (Wildman–Crippen LogP) is 2.50. The van der Waals surface area contributed by atoms with Gasteiger partial charge in [-0.25, -0.2) is 9.67 Å². The molecule has 1 amide bonds. The van der Waals surface area contributed by atoms with Gasteiger partial charge in [0.25, 0.3) is 5.91 Å². The van der Waals surface area contributed by atoms with Gasteiger partial charge in [0, 0.05) is 19.3 Å². The number of nitrogens with two attached hydrogens (primary N) is 1. The topological polar surface area (TPSA) is 112 Å². The minimum Gasteiger partial charge on any atom is -0.397 e. The zero-order valence-corrected chi connectivity index (χ0v) is 17.6. The Hall–Kier alpha value is -3.17. The Labute approximate surface area is 177 Å². The van der Waals surface area contributed by atoms with Crippen molar-refractivity contribution in [3.05, 3.63) is 52.4 Å². The Morgan fingerprint density at radius 2 is 2.17 bits per heavy atom. The van der Waals surface area contributed by atoms with Crippen molar-refractivity contribution in [1.29, 1.82) is 0 Å². The standard InChI is InChI=1S/C20H22ClN7O2/c1-11(9-30-10-13-6-15(22)18-16(7-13)27(3)26-25-18)23-20(29)19-12(2)24-17-5-4-14(21)8-28(17)19/h4-8,11H,9-10,22H2,1-3H3,(H,23,29). The molecule has 0 spiro atoms. The molecule has 9 nitrogen and oxygen atoms in total. The molecule has 0 saturated carbocycles. The predicted molar refractivity (Wildman–Crippen MR) is 114 cm³/mol. The van der Waals surface area contributed by atoms with E-state index in [1.165, 1.54) is 0 Å². The van der Waals surface area contributed by atoms with Gasteiger partial charge in [-0.05, 0) is 43.7 Å². The molecular weight excluding hydrogens is 406 g/mol. The lowest BCUT2D eigenvalue weighted by molar-refractivity contribution is 0.0815. The van der Waals surface area contributed by atoms with Crippen molar-refractivity contribution in [2.75, 3.05) is 12.3 Å². The average Bonchev–Trinajstić information content (AvgIpc) is 3.21. The number of hydrogen-bond donors (Lipinski definition) is 2. The largest absolute Gasteiger partial charge is 0.397 e. The van der Waals surface area contributed by atoms with E-state index in [9.17, 15) is 4.79 Å². The zero-order valence-electron chi connectivity index (χ0n) is 16.9. The van der Waals surface area contributed by atoms with Gasteiger partial charge in [-0.2, -0.15) is 0 Å². The van der Waals surface area contributed by atoms with Gasteiger partial charge in [0.15, 0.2) is 0 Å². The number of ether oxygens (including phenoxy) is 1. The summed E-state index contributed by atoms with van der Waals surface area (Å²) >= 11 is 6.07. The molecular formula is C20H22ClN7O2. The second-order valence-corrected chi connectivity index (χ2v) is 7.71. The molecule has 30 heavy (non-hydrogen) atoms. The summed E-state index contributed by atoms with van der Waals surface area (Å²) in [6.07, 6.45) is 1.68. The fourth-order valence-corrected chi connectivity index (χ4v) is 3.56. The Morgan fingerprint density at radius 1 is 1.37 bits per heavy atom. The summed E-state index contributed by atoms with van der Waals surface area (Å²) in [5.41, 5.74) is 10.8. The van der Waals surface area contributed by atoms with E-state index in [0.29, 0.717) is 46.5 Å². The van der Waals surface area contributed by atoms with Crippen LogP contribution in [0.5, 0.6) is 0 Å². The number of carbonyl (C=O) groups excluding carboxylic acids is 1. The van der Waals surface area contributed by atoms with Gasteiger partial charge in [0.1, 0.15) is 16.9 Å². The maximum absolute atomic E-state index is 12.8. The minimum atomic E-state index is -0.231. The second-order valence-electron chi connectivity index (χ2n) is 7.28. The second kappa shape index (κ2) is 7.92. The Kier molecular flexibility index (Phi) is 5.31. The number of amides is 1. The van der Waals surface area contributed by atoms with Gasteiger partial charge in [-0.15, -0.1) is 5.10 Å². The highest BCUT2D eigenvalue weighted by Crippen LogP contribution is 2.21. The third-order valence-electron chi connectivity index (χ3n) is 4.79. The molecule has 0 aliphatic rings. The first-order chi connectivity index (χ1) is 14.3. The summed E-state index contributed by atoms with van der Waals surface area (Å²) in [5, 5.41) is 11.5. The first kappa shape index (κ1) is 20.1. The number of aryl methyl sites for hydroxylation is 2. The van der Waals surface area contributed by atoms with Crippen LogP contribution in [-0.4, -0.2) is 42.9 Å². The Balaban J connectivity index is 1.39. The minimum absolute atomic E-state index is 0.207. The van der Waals surface area contributed by atoms with Crippen LogP contribution in [0.25, 0.3) is 16.7 Å². The molecule has 10 heteroatoms. The normalized spacial score (nSPS) is 12.5. The number of nitrogens with one attached hydrogen (secondary N) is 1. The molecule has 1 atom stereocenters. The van der Waals surface area contributed by atoms with Crippen molar-refractivity contribution in [3.63, 3.8) is 0 Å². The Bertz CT molecular complexity index is 1250. The van der Waals surface area contributed by atoms with Gasteiger partial charge in [-0.1, -0.05) is 16.8 Å². The van der Waals surface area contributed by atoms with E-state index in [-0.39, 0.29) is 11.9 Å². The van der Waals surface area contributed by atoms with Gasteiger partial charge >= 0.3 is 0 Å². The lowest BCUT2D eigenvalue weighted by Gasteiger charge is -2.15. The van der Waals surface area contributed by atoms with Crippen molar-refractivity contribution in [2.24, 2.45) is 7.05 Å². The van der Waals surface area contributed by atoms with E-state index in [1.54, 1.807) is 34.3 Å². The zero-order chi connectivity index (χ0) is 21.4. The van der Waals surface area contributed by atoms with Crippen molar-refractivity contribution in [2.45, 2.75) is 26.5 Å². The highest BCUT2D eigenvalue weighted by molar-refractivity contribution is 6.30. The van der Waals surface area contributed by atoms with Crippen molar-refractivity contribution in [3.8, 4) is 0 Å². The van der Waals surface area contributed by atoms with Crippen LogP contribution in [0, 0.1) is 6.92 Å².